The van der Waals surface area contributed by atoms with Crippen LogP contribution < -0.4 is 4.90 Å². The van der Waals surface area contributed by atoms with Crippen LogP contribution in [-0.2, 0) is 0 Å². The number of carbonyl (C=O) groups is 1. The lowest BCUT2D eigenvalue weighted by Gasteiger charge is -2.16. The van der Waals surface area contributed by atoms with E-state index in [0.717, 1.165) is 23.6 Å². The summed E-state index contributed by atoms with van der Waals surface area (Å²) in [5, 5.41) is 36.1. The summed E-state index contributed by atoms with van der Waals surface area (Å²) in [6.07, 6.45) is -1.74. The average molecular weight is 349 g/mol. The minimum atomic E-state index is -1.74. The zero-order chi connectivity index (χ0) is 17.9. The van der Waals surface area contributed by atoms with E-state index >= 15 is 0 Å². The molecule has 0 spiro atoms. The van der Waals surface area contributed by atoms with Crippen LogP contribution in [0.4, 0.5) is 16.4 Å². The highest BCUT2D eigenvalue weighted by molar-refractivity contribution is 7.16. The number of aromatic carboxylic acids is 1. The molecule has 0 unspecified atom stereocenters. The zero-order valence-corrected chi connectivity index (χ0v) is 14.4. The van der Waals surface area contributed by atoms with Gasteiger partial charge in [0.1, 0.15) is 5.56 Å². The van der Waals surface area contributed by atoms with Crippen molar-refractivity contribution in [3.05, 3.63) is 40.3 Å². The maximum absolute atomic E-state index is 11.4. The van der Waals surface area contributed by atoms with E-state index in [4.69, 9.17) is 0 Å². The molecular formula is C16H19N3O4S. The standard InChI is InChI=1S/C16H19N3O4S/c1-4-19(3)11-7-5-10(6-8-11)17-18-14-12(15(20)21)9(2)13(24-14)16(22)23/h5-8,16,22-23H,4H2,1-3H3,(H,20,21). The molecule has 2 aromatic rings. The summed E-state index contributed by atoms with van der Waals surface area (Å²) >= 11 is 0.904. The van der Waals surface area contributed by atoms with Crippen LogP contribution in [0.2, 0.25) is 0 Å². The number of hydrogen-bond acceptors (Lipinski definition) is 7. The SMILES string of the molecule is CCN(C)c1ccc(N=Nc2sc(C(O)O)c(C)c2C(=O)O)cc1. The van der Waals surface area contributed by atoms with Gasteiger partial charge >= 0.3 is 5.97 Å². The van der Waals surface area contributed by atoms with E-state index in [9.17, 15) is 20.1 Å². The van der Waals surface area contributed by atoms with Gasteiger partial charge in [0, 0.05) is 19.3 Å². The first-order chi connectivity index (χ1) is 11.3. The third-order valence-electron chi connectivity index (χ3n) is 3.63. The smallest absolute Gasteiger partial charge is 0.339 e. The molecule has 0 fully saturated rings. The molecule has 1 heterocycles. The molecule has 0 amide bonds. The summed E-state index contributed by atoms with van der Waals surface area (Å²) in [7, 11) is 1.98. The van der Waals surface area contributed by atoms with Crippen molar-refractivity contribution in [1.29, 1.82) is 0 Å². The van der Waals surface area contributed by atoms with Gasteiger partial charge in [-0.2, -0.15) is 0 Å². The number of aliphatic hydroxyl groups is 2. The monoisotopic (exact) mass is 349 g/mol. The highest BCUT2D eigenvalue weighted by Crippen LogP contribution is 2.38. The van der Waals surface area contributed by atoms with Crippen LogP contribution >= 0.6 is 11.3 Å². The molecule has 7 nitrogen and oxygen atoms in total. The molecule has 0 saturated heterocycles. The Balaban J connectivity index is 2.31. The Hall–Kier alpha value is -2.29. The van der Waals surface area contributed by atoms with Gasteiger partial charge in [-0.15, -0.1) is 21.6 Å². The predicted molar refractivity (Wildman–Crippen MR) is 92.8 cm³/mol. The number of carboxylic acids is 1. The van der Waals surface area contributed by atoms with E-state index in [1.165, 1.54) is 6.92 Å². The Labute approximate surface area is 143 Å². The van der Waals surface area contributed by atoms with Gasteiger partial charge in [-0.25, -0.2) is 4.79 Å². The molecule has 2 rings (SSSR count). The quantitative estimate of drug-likeness (QED) is 0.546. The molecular weight excluding hydrogens is 330 g/mol. The number of benzene rings is 1. The average Bonchev–Trinajstić information content (AvgIpc) is 2.89. The Kier molecular flexibility index (Phi) is 5.66. The molecule has 0 aliphatic carbocycles. The maximum Gasteiger partial charge on any atom is 0.339 e. The summed E-state index contributed by atoms with van der Waals surface area (Å²) < 4.78 is 0. The minimum absolute atomic E-state index is 0.0609. The van der Waals surface area contributed by atoms with Crippen molar-refractivity contribution < 1.29 is 20.1 Å². The molecule has 0 bridgehead atoms. The first-order valence-corrected chi connectivity index (χ1v) is 8.12. The lowest BCUT2D eigenvalue weighted by Crippen LogP contribution is -2.15. The molecule has 0 aliphatic heterocycles. The van der Waals surface area contributed by atoms with Crippen LogP contribution in [0, 0.1) is 6.92 Å². The first-order valence-electron chi connectivity index (χ1n) is 7.30. The number of rotatable bonds is 6. The highest BCUT2D eigenvalue weighted by Gasteiger charge is 2.23. The largest absolute Gasteiger partial charge is 0.478 e. The number of anilines is 1. The third-order valence-corrected chi connectivity index (χ3v) is 4.85. The van der Waals surface area contributed by atoms with E-state index in [1.54, 1.807) is 12.1 Å². The molecule has 0 atom stereocenters. The molecule has 24 heavy (non-hydrogen) atoms. The van der Waals surface area contributed by atoms with Gasteiger partial charge in [0.15, 0.2) is 11.3 Å². The van der Waals surface area contributed by atoms with Gasteiger partial charge < -0.3 is 20.2 Å². The number of hydrogen-bond donors (Lipinski definition) is 3. The van der Waals surface area contributed by atoms with Gasteiger partial charge in [0.05, 0.1) is 10.6 Å². The number of thiophene rings is 1. The Morgan fingerprint density at radius 3 is 2.38 bits per heavy atom. The second kappa shape index (κ2) is 7.52. The fourth-order valence-electron chi connectivity index (χ4n) is 2.14. The van der Waals surface area contributed by atoms with E-state index in [1.807, 2.05) is 26.1 Å². The Morgan fingerprint density at radius 1 is 1.25 bits per heavy atom. The van der Waals surface area contributed by atoms with Crippen LogP contribution in [-0.4, -0.2) is 34.9 Å². The number of aliphatic hydroxyl groups excluding tert-OH is 1. The molecule has 8 heteroatoms. The molecule has 128 valence electrons. The second-order valence-electron chi connectivity index (χ2n) is 5.18. The number of nitrogens with zero attached hydrogens (tertiary/aromatic N) is 3. The first kappa shape index (κ1) is 18.1. The molecule has 3 N–H and O–H groups in total. The summed E-state index contributed by atoms with van der Waals surface area (Å²) in [5.41, 5.74) is 1.85. The van der Waals surface area contributed by atoms with E-state index in [-0.39, 0.29) is 21.0 Å². The van der Waals surface area contributed by atoms with Crippen LogP contribution in [0.25, 0.3) is 0 Å². The fourth-order valence-corrected chi connectivity index (χ4v) is 3.14. The van der Waals surface area contributed by atoms with Gasteiger partial charge in [0.25, 0.3) is 0 Å². The van der Waals surface area contributed by atoms with Gasteiger partial charge in [-0.3, -0.25) is 0 Å². The summed E-state index contributed by atoms with van der Waals surface area (Å²) in [4.78, 5) is 13.6. The number of carboxylic acid groups (broad SMARTS) is 1. The van der Waals surface area contributed by atoms with Crippen LogP contribution in [0.5, 0.6) is 0 Å². The van der Waals surface area contributed by atoms with Crippen molar-refractivity contribution in [3.8, 4) is 0 Å². The molecule has 0 radical (unpaired) electrons. The van der Waals surface area contributed by atoms with Crippen molar-refractivity contribution in [2.75, 3.05) is 18.5 Å². The van der Waals surface area contributed by atoms with E-state index in [0.29, 0.717) is 5.69 Å². The zero-order valence-electron chi connectivity index (χ0n) is 13.6. The molecule has 0 saturated carbocycles. The normalized spacial score (nSPS) is 11.4. The fraction of sp³-hybridized carbons (Fsp3) is 0.312. The van der Waals surface area contributed by atoms with Gasteiger partial charge in [-0.1, -0.05) is 0 Å². The third kappa shape index (κ3) is 3.78. The molecule has 0 aliphatic rings. The van der Waals surface area contributed by atoms with Crippen molar-refractivity contribution in [3.63, 3.8) is 0 Å². The van der Waals surface area contributed by atoms with Crippen molar-refractivity contribution >= 4 is 33.7 Å². The minimum Gasteiger partial charge on any atom is -0.478 e. The summed E-state index contributed by atoms with van der Waals surface area (Å²) in [6.45, 7) is 4.44. The van der Waals surface area contributed by atoms with E-state index < -0.39 is 12.3 Å². The van der Waals surface area contributed by atoms with Crippen molar-refractivity contribution in [2.24, 2.45) is 10.2 Å². The van der Waals surface area contributed by atoms with E-state index in [2.05, 4.69) is 15.1 Å². The predicted octanol–water partition coefficient (Wildman–Crippen LogP) is 3.61. The second-order valence-corrected chi connectivity index (χ2v) is 6.21. The highest BCUT2D eigenvalue weighted by atomic mass is 32.1. The summed E-state index contributed by atoms with van der Waals surface area (Å²) in [5.74, 6) is -1.18. The van der Waals surface area contributed by atoms with Crippen molar-refractivity contribution in [1.82, 2.24) is 0 Å². The molecule has 1 aromatic heterocycles. The topological polar surface area (TPSA) is 106 Å². The van der Waals surface area contributed by atoms with Gasteiger partial charge in [0.2, 0.25) is 0 Å². The van der Waals surface area contributed by atoms with Gasteiger partial charge in [-0.05, 0) is 43.7 Å². The van der Waals surface area contributed by atoms with Crippen LogP contribution in [0.3, 0.4) is 0 Å². The van der Waals surface area contributed by atoms with Crippen LogP contribution in [0.1, 0.15) is 34.0 Å². The maximum atomic E-state index is 11.4. The summed E-state index contributed by atoms with van der Waals surface area (Å²) in [6, 6.07) is 7.37. The lowest BCUT2D eigenvalue weighted by atomic mass is 10.1. The lowest BCUT2D eigenvalue weighted by molar-refractivity contribution is -0.0399. The molecule has 1 aromatic carbocycles. The Morgan fingerprint density at radius 2 is 1.88 bits per heavy atom. The Bertz CT molecular complexity index is 753. The van der Waals surface area contributed by atoms with Crippen molar-refractivity contribution in [2.45, 2.75) is 20.1 Å². The van der Waals surface area contributed by atoms with Crippen LogP contribution in [0.15, 0.2) is 34.5 Å². The number of azo groups is 1.